The van der Waals surface area contributed by atoms with E-state index < -0.39 is 0 Å². The molecule has 1 atom stereocenters. The molecule has 24 heavy (non-hydrogen) atoms. The molecule has 2 aliphatic rings. The van der Waals surface area contributed by atoms with E-state index in [0.717, 1.165) is 57.9 Å². The van der Waals surface area contributed by atoms with Gasteiger partial charge in [0.15, 0.2) is 0 Å². The Balaban J connectivity index is 1.60. The lowest BCUT2D eigenvalue weighted by molar-refractivity contribution is -0.137. The van der Waals surface area contributed by atoms with E-state index >= 15 is 0 Å². The van der Waals surface area contributed by atoms with Crippen molar-refractivity contribution in [2.75, 3.05) is 46.1 Å². The third-order valence-corrected chi connectivity index (χ3v) is 4.70. The SMILES string of the molecule is CCOCC(=O)N1CCCC1c1ccc(CN2CCOCC2)cn1. The van der Waals surface area contributed by atoms with E-state index in [1.165, 1.54) is 5.56 Å². The molecule has 6 nitrogen and oxygen atoms in total. The van der Waals surface area contributed by atoms with Crippen LogP contribution in [-0.4, -0.2) is 66.8 Å². The van der Waals surface area contributed by atoms with Gasteiger partial charge in [0.25, 0.3) is 0 Å². The van der Waals surface area contributed by atoms with Gasteiger partial charge in [-0.05, 0) is 31.4 Å². The topological polar surface area (TPSA) is 54.9 Å². The lowest BCUT2D eigenvalue weighted by atomic mass is 10.1. The van der Waals surface area contributed by atoms with Crippen LogP contribution in [0.3, 0.4) is 0 Å². The molecular weight excluding hydrogens is 306 g/mol. The Hall–Kier alpha value is -1.50. The van der Waals surface area contributed by atoms with Crippen molar-refractivity contribution in [3.63, 3.8) is 0 Å². The molecule has 0 N–H and O–H groups in total. The fourth-order valence-electron chi connectivity index (χ4n) is 3.39. The Morgan fingerprint density at radius 2 is 2.17 bits per heavy atom. The second-order valence-electron chi connectivity index (χ2n) is 6.36. The molecule has 1 aromatic rings. The van der Waals surface area contributed by atoms with Gasteiger partial charge in [-0.3, -0.25) is 14.7 Å². The first-order valence-corrected chi connectivity index (χ1v) is 8.90. The Morgan fingerprint density at radius 1 is 1.33 bits per heavy atom. The van der Waals surface area contributed by atoms with Gasteiger partial charge >= 0.3 is 0 Å². The summed E-state index contributed by atoms with van der Waals surface area (Å²) >= 11 is 0. The number of carbonyl (C=O) groups is 1. The van der Waals surface area contributed by atoms with Crippen molar-refractivity contribution in [2.24, 2.45) is 0 Å². The minimum atomic E-state index is 0.0681. The molecule has 0 aromatic carbocycles. The smallest absolute Gasteiger partial charge is 0.249 e. The normalized spacial score (nSPS) is 22.0. The van der Waals surface area contributed by atoms with Crippen LogP contribution in [0.15, 0.2) is 18.3 Å². The highest BCUT2D eigenvalue weighted by atomic mass is 16.5. The van der Waals surface area contributed by atoms with Gasteiger partial charge in [-0.25, -0.2) is 0 Å². The molecule has 0 radical (unpaired) electrons. The van der Waals surface area contributed by atoms with Gasteiger partial charge in [0.2, 0.25) is 5.91 Å². The maximum Gasteiger partial charge on any atom is 0.249 e. The zero-order valence-corrected chi connectivity index (χ0v) is 14.4. The van der Waals surface area contributed by atoms with Gasteiger partial charge < -0.3 is 14.4 Å². The maximum absolute atomic E-state index is 12.3. The summed E-state index contributed by atoms with van der Waals surface area (Å²) in [5.74, 6) is 0.0681. The van der Waals surface area contributed by atoms with Crippen LogP contribution in [0.4, 0.5) is 0 Å². The average Bonchev–Trinajstić information content (AvgIpc) is 3.11. The first-order chi connectivity index (χ1) is 11.8. The molecular formula is C18H27N3O3. The second-order valence-corrected chi connectivity index (χ2v) is 6.36. The summed E-state index contributed by atoms with van der Waals surface area (Å²) in [6, 6.07) is 4.31. The van der Waals surface area contributed by atoms with Crippen LogP contribution in [0.25, 0.3) is 0 Å². The van der Waals surface area contributed by atoms with E-state index in [2.05, 4.69) is 22.0 Å². The molecule has 1 unspecified atom stereocenters. The van der Waals surface area contributed by atoms with E-state index in [4.69, 9.17) is 9.47 Å². The number of pyridine rings is 1. The first kappa shape index (κ1) is 17.3. The second kappa shape index (κ2) is 8.55. The van der Waals surface area contributed by atoms with E-state index in [-0.39, 0.29) is 18.6 Å². The molecule has 1 aromatic heterocycles. The summed E-state index contributed by atoms with van der Waals surface area (Å²) in [6.45, 7) is 7.93. The van der Waals surface area contributed by atoms with Crippen LogP contribution in [0.2, 0.25) is 0 Å². The Morgan fingerprint density at radius 3 is 2.88 bits per heavy atom. The van der Waals surface area contributed by atoms with Crippen molar-refractivity contribution in [1.29, 1.82) is 0 Å². The molecule has 1 amide bonds. The van der Waals surface area contributed by atoms with Crippen LogP contribution in [0.1, 0.15) is 37.1 Å². The van der Waals surface area contributed by atoms with Crippen LogP contribution in [0.5, 0.6) is 0 Å². The minimum absolute atomic E-state index is 0.0681. The Kier molecular flexibility index (Phi) is 6.18. The summed E-state index contributed by atoms with van der Waals surface area (Å²) < 4.78 is 10.6. The molecule has 6 heteroatoms. The van der Waals surface area contributed by atoms with Crippen molar-refractivity contribution < 1.29 is 14.3 Å². The molecule has 0 spiro atoms. The third kappa shape index (κ3) is 4.32. The predicted octanol–water partition coefficient (Wildman–Crippen LogP) is 1.61. The number of carbonyl (C=O) groups excluding carboxylic acids is 1. The number of ether oxygens (including phenoxy) is 2. The van der Waals surface area contributed by atoms with Gasteiger partial charge in [-0.1, -0.05) is 6.07 Å². The van der Waals surface area contributed by atoms with Gasteiger partial charge in [-0.15, -0.1) is 0 Å². The number of morpholine rings is 1. The highest BCUT2D eigenvalue weighted by Gasteiger charge is 2.30. The summed E-state index contributed by atoms with van der Waals surface area (Å²) in [6.07, 6.45) is 3.96. The molecule has 3 rings (SSSR count). The van der Waals surface area contributed by atoms with Crippen LogP contribution in [-0.2, 0) is 20.8 Å². The standard InChI is InChI=1S/C18H27N3O3/c1-2-23-14-18(22)21-7-3-4-17(21)16-6-5-15(12-19-16)13-20-8-10-24-11-9-20/h5-6,12,17H,2-4,7-11,13-14H2,1H3. The van der Waals surface area contributed by atoms with Crippen LogP contribution < -0.4 is 0 Å². The number of likely N-dealkylation sites (tertiary alicyclic amines) is 1. The highest BCUT2D eigenvalue weighted by molar-refractivity contribution is 5.78. The fourth-order valence-corrected chi connectivity index (χ4v) is 3.39. The number of nitrogens with zero attached hydrogens (tertiary/aromatic N) is 3. The number of amides is 1. The van der Waals surface area contributed by atoms with Gasteiger partial charge in [0.05, 0.1) is 24.9 Å². The lowest BCUT2D eigenvalue weighted by Crippen LogP contribution is -2.35. The number of hydrogen-bond acceptors (Lipinski definition) is 5. The lowest BCUT2D eigenvalue weighted by Gasteiger charge is -2.27. The molecule has 132 valence electrons. The van der Waals surface area contributed by atoms with Crippen molar-refractivity contribution in [1.82, 2.24) is 14.8 Å². The highest BCUT2D eigenvalue weighted by Crippen LogP contribution is 2.30. The quantitative estimate of drug-likeness (QED) is 0.792. The zero-order chi connectivity index (χ0) is 16.8. The van der Waals surface area contributed by atoms with Crippen LogP contribution in [0, 0.1) is 0 Å². The largest absolute Gasteiger partial charge is 0.379 e. The van der Waals surface area contributed by atoms with Crippen molar-refractivity contribution >= 4 is 5.91 Å². The summed E-state index contributed by atoms with van der Waals surface area (Å²) in [7, 11) is 0. The molecule has 2 aliphatic heterocycles. The summed E-state index contributed by atoms with van der Waals surface area (Å²) in [5, 5.41) is 0. The van der Waals surface area contributed by atoms with Crippen LogP contribution >= 0.6 is 0 Å². The fraction of sp³-hybridized carbons (Fsp3) is 0.667. The number of aromatic nitrogens is 1. The van der Waals surface area contributed by atoms with E-state index in [1.54, 1.807) is 0 Å². The maximum atomic E-state index is 12.3. The average molecular weight is 333 g/mol. The van der Waals surface area contributed by atoms with Gasteiger partial charge in [0, 0.05) is 39.0 Å². The summed E-state index contributed by atoms with van der Waals surface area (Å²) in [5.41, 5.74) is 2.20. The third-order valence-electron chi connectivity index (χ3n) is 4.70. The van der Waals surface area contributed by atoms with E-state index in [9.17, 15) is 4.79 Å². The number of hydrogen-bond donors (Lipinski definition) is 0. The molecule has 0 saturated carbocycles. The zero-order valence-electron chi connectivity index (χ0n) is 14.4. The van der Waals surface area contributed by atoms with Crippen molar-refractivity contribution in [3.05, 3.63) is 29.6 Å². The minimum Gasteiger partial charge on any atom is -0.379 e. The molecule has 3 heterocycles. The van der Waals surface area contributed by atoms with E-state index in [1.807, 2.05) is 18.0 Å². The van der Waals surface area contributed by atoms with Crippen molar-refractivity contribution in [2.45, 2.75) is 32.4 Å². The molecule has 2 fully saturated rings. The van der Waals surface area contributed by atoms with Crippen molar-refractivity contribution in [3.8, 4) is 0 Å². The molecule has 2 saturated heterocycles. The molecule has 0 bridgehead atoms. The number of rotatable bonds is 6. The summed E-state index contributed by atoms with van der Waals surface area (Å²) in [4.78, 5) is 21.2. The van der Waals surface area contributed by atoms with Gasteiger partial charge in [0.1, 0.15) is 6.61 Å². The van der Waals surface area contributed by atoms with Gasteiger partial charge in [-0.2, -0.15) is 0 Å². The Labute approximate surface area is 143 Å². The molecule has 0 aliphatic carbocycles. The monoisotopic (exact) mass is 333 g/mol. The predicted molar refractivity (Wildman–Crippen MR) is 90.5 cm³/mol. The van der Waals surface area contributed by atoms with E-state index in [0.29, 0.717) is 6.61 Å². The first-order valence-electron chi connectivity index (χ1n) is 8.90. The Bertz CT molecular complexity index is 529.